The van der Waals surface area contributed by atoms with Gasteiger partial charge in [0, 0.05) is 18.9 Å². The Labute approximate surface area is 74.6 Å². The second kappa shape index (κ2) is 2.55. The Morgan fingerprint density at radius 2 is 2.15 bits per heavy atom. The molecule has 0 saturated carbocycles. The van der Waals surface area contributed by atoms with E-state index in [1.807, 2.05) is 0 Å². The van der Waals surface area contributed by atoms with Gasteiger partial charge in [0.25, 0.3) is 0 Å². The van der Waals surface area contributed by atoms with E-state index in [4.69, 9.17) is 0 Å². The van der Waals surface area contributed by atoms with Crippen molar-refractivity contribution >= 4 is 17.7 Å². The smallest absolute Gasteiger partial charge is 0.336 e. The van der Waals surface area contributed by atoms with Crippen LogP contribution in [0.25, 0.3) is 0 Å². The zero-order chi connectivity index (χ0) is 9.59. The van der Waals surface area contributed by atoms with Crippen molar-refractivity contribution in [2.75, 3.05) is 7.11 Å². The van der Waals surface area contributed by atoms with Crippen LogP contribution in [0.1, 0.15) is 12.8 Å². The fourth-order valence-electron chi connectivity index (χ4n) is 1.88. The normalized spacial score (nSPS) is 31.3. The molecule has 0 unspecified atom stereocenters. The van der Waals surface area contributed by atoms with Gasteiger partial charge in [0.15, 0.2) is 11.8 Å². The first-order chi connectivity index (χ1) is 6.15. The lowest BCUT2D eigenvalue weighted by Gasteiger charge is -2.36. The number of β-lactam (4-membered cyclic amide) rings is 1. The SMILES string of the molecule is COC(=O)[C@H]1C(=O)C[C@@H]2CC(=O)N21. The van der Waals surface area contributed by atoms with E-state index >= 15 is 0 Å². The number of carbonyl (C=O) groups is 3. The Morgan fingerprint density at radius 1 is 1.46 bits per heavy atom. The van der Waals surface area contributed by atoms with Crippen molar-refractivity contribution in [1.82, 2.24) is 4.90 Å². The van der Waals surface area contributed by atoms with Gasteiger partial charge in [0.1, 0.15) is 0 Å². The first-order valence-electron chi connectivity index (χ1n) is 4.07. The molecule has 2 aliphatic rings. The number of ether oxygens (including phenoxy) is 1. The average molecular weight is 183 g/mol. The number of esters is 1. The van der Waals surface area contributed by atoms with E-state index in [9.17, 15) is 14.4 Å². The molecule has 70 valence electrons. The number of hydrogen-bond acceptors (Lipinski definition) is 4. The van der Waals surface area contributed by atoms with Gasteiger partial charge >= 0.3 is 5.97 Å². The molecule has 2 aliphatic heterocycles. The van der Waals surface area contributed by atoms with E-state index in [2.05, 4.69) is 4.74 Å². The predicted molar refractivity (Wildman–Crippen MR) is 40.7 cm³/mol. The third-order valence-corrected chi connectivity index (χ3v) is 2.54. The minimum atomic E-state index is -0.962. The Kier molecular flexibility index (Phi) is 1.61. The van der Waals surface area contributed by atoms with Crippen LogP contribution in [-0.4, -0.2) is 41.8 Å². The maximum absolute atomic E-state index is 11.3. The zero-order valence-electron chi connectivity index (χ0n) is 7.15. The summed E-state index contributed by atoms with van der Waals surface area (Å²) in [6, 6.07) is -1.01. The number of nitrogens with zero attached hydrogens (tertiary/aromatic N) is 1. The number of hydrogen-bond donors (Lipinski definition) is 0. The molecule has 0 aromatic heterocycles. The highest BCUT2D eigenvalue weighted by Gasteiger charge is 2.53. The molecule has 2 fully saturated rings. The van der Waals surface area contributed by atoms with E-state index in [1.54, 1.807) is 0 Å². The summed E-state index contributed by atoms with van der Waals surface area (Å²) in [5.74, 6) is -0.963. The summed E-state index contributed by atoms with van der Waals surface area (Å²) in [7, 11) is 1.22. The molecule has 0 aromatic rings. The van der Waals surface area contributed by atoms with Gasteiger partial charge in [0.05, 0.1) is 7.11 Å². The van der Waals surface area contributed by atoms with Crippen molar-refractivity contribution < 1.29 is 19.1 Å². The van der Waals surface area contributed by atoms with Crippen LogP contribution in [-0.2, 0) is 19.1 Å². The van der Waals surface area contributed by atoms with Crippen molar-refractivity contribution in [3.63, 3.8) is 0 Å². The lowest BCUT2D eigenvalue weighted by atomic mass is 10.0. The maximum atomic E-state index is 11.3. The molecule has 0 bridgehead atoms. The average Bonchev–Trinajstić information content (AvgIpc) is 2.36. The highest BCUT2D eigenvalue weighted by Crippen LogP contribution is 2.33. The Hall–Kier alpha value is -1.39. The largest absolute Gasteiger partial charge is 0.467 e. The molecule has 2 atom stereocenters. The van der Waals surface area contributed by atoms with Gasteiger partial charge in [-0.2, -0.15) is 0 Å². The summed E-state index contributed by atoms with van der Waals surface area (Å²) in [5.41, 5.74) is 0. The molecular formula is C8H9NO4. The van der Waals surface area contributed by atoms with Crippen molar-refractivity contribution in [3.8, 4) is 0 Å². The van der Waals surface area contributed by atoms with Crippen molar-refractivity contribution in [2.24, 2.45) is 0 Å². The van der Waals surface area contributed by atoms with Crippen LogP contribution in [0.4, 0.5) is 0 Å². The third kappa shape index (κ3) is 0.961. The van der Waals surface area contributed by atoms with Crippen molar-refractivity contribution in [3.05, 3.63) is 0 Å². The molecular weight excluding hydrogens is 174 g/mol. The molecule has 0 N–H and O–H groups in total. The molecule has 13 heavy (non-hydrogen) atoms. The van der Waals surface area contributed by atoms with E-state index < -0.39 is 12.0 Å². The van der Waals surface area contributed by atoms with E-state index in [0.29, 0.717) is 12.8 Å². The fourth-order valence-corrected chi connectivity index (χ4v) is 1.88. The Morgan fingerprint density at radius 3 is 2.69 bits per heavy atom. The molecule has 2 heterocycles. The molecule has 2 rings (SSSR count). The number of methoxy groups -OCH3 is 1. The van der Waals surface area contributed by atoms with Crippen LogP contribution < -0.4 is 0 Å². The minimum Gasteiger partial charge on any atom is -0.467 e. The van der Waals surface area contributed by atoms with Crippen LogP contribution in [0.15, 0.2) is 0 Å². The Balaban J connectivity index is 2.21. The quantitative estimate of drug-likeness (QED) is 0.300. The molecule has 5 heteroatoms. The van der Waals surface area contributed by atoms with Gasteiger partial charge < -0.3 is 9.64 Å². The molecule has 0 aliphatic carbocycles. The number of fused-ring (bicyclic) bond motifs is 1. The number of ketones is 1. The highest BCUT2D eigenvalue weighted by atomic mass is 16.5. The molecule has 1 amide bonds. The van der Waals surface area contributed by atoms with Crippen LogP contribution in [0.2, 0.25) is 0 Å². The van der Waals surface area contributed by atoms with E-state index in [1.165, 1.54) is 12.0 Å². The molecule has 0 spiro atoms. The molecule has 2 saturated heterocycles. The van der Waals surface area contributed by atoms with E-state index in [-0.39, 0.29) is 17.7 Å². The maximum Gasteiger partial charge on any atom is 0.336 e. The molecule has 5 nitrogen and oxygen atoms in total. The van der Waals surface area contributed by atoms with E-state index in [0.717, 1.165) is 0 Å². The second-order valence-corrected chi connectivity index (χ2v) is 3.26. The second-order valence-electron chi connectivity index (χ2n) is 3.26. The summed E-state index contributed by atoms with van der Waals surface area (Å²) in [5, 5.41) is 0. The number of amides is 1. The standard InChI is InChI=1S/C8H9NO4/c1-13-8(12)7-5(10)2-4-3-6(11)9(4)7/h4,7H,2-3H2,1H3/t4-,7-/m1/s1. The number of Topliss-reactive ketones (excluding diaryl/α,β-unsaturated/α-hetero) is 1. The number of carbonyl (C=O) groups excluding carboxylic acids is 3. The van der Waals surface area contributed by atoms with Crippen LogP contribution in [0.5, 0.6) is 0 Å². The van der Waals surface area contributed by atoms with Gasteiger partial charge in [0.2, 0.25) is 5.91 Å². The summed E-state index contributed by atoms with van der Waals surface area (Å²) in [4.78, 5) is 34.8. The Bertz CT molecular complexity index is 291. The van der Waals surface area contributed by atoms with Crippen molar-refractivity contribution in [1.29, 1.82) is 0 Å². The molecule has 0 radical (unpaired) electrons. The van der Waals surface area contributed by atoms with Crippen LogP contribution in [0.3, 0.4) is 0 Å². The van der Waals surface area contributed by atoms with Crippen LogP contribution in [0, 0.1) is 0 Å². The zero-order valence-corrected chi connectivity index (χ0v) is 7.15. The topological polar surface area (TPSA) is 63.7 Å². The first kappa shape index (κ1) is 8.22. The predicted octanol–water partition coefficient (Wildman–Crippen LogP) is -0.898. The third-order valence-electron chi connectivity index (χ3n) is 2.54. The minimum absolute atomic E-state index is 0.0518. The van der Waals surface area contributed by atoms with Gasteiger partial charge in [-0.05, 0) is 0 Å². The lowest BCUT2D eigenvalue weighted by Crippen LogP contribution is -2.55. The first-order valence-corrected chi connectivity index (χ1v) is 4.07. The van der Waals surface area contributed by atoms with Gasteiger partial charge in [-0.3, -0.25) is 9.59 Å². The monoisotopic (exact) mass is 183 g/mol. The van der Waals surface area contributed by atoms with Gasteiger partial charge in [-0.15, -0.1) is 0 Å². The molecule has 0 aromatic carbocycles. The summed E-state index contributed by atoms with van der Waals surface area (Å²) < 4.78 is 4.45. The van der Waals surface area contributed by atoms with Crippen molar-refractivity contribution in [2.45, 2.75) is 24.9 Å². The summed E-state index contributed by atoms with van der Waals surface area (Å²) in [6.07, 6.45) is 0.685. The summed E-state index contributed by atoms with van der Waals surface area (Å²) in [6.45, 7) is 0. The van der Waals surface area contributed by atoms with Gasteiger partial charge in [-0.25, -0.2) is 4.79 Å². The lowest BCUT2D eigenvalue weighted by molar-refractivity contribution is -0.160. The van der Waals surface area contributed by atoms with Crippen LogP contribution >= 0.6 is 0 Å². The van der Waals surface area contributed by atoms with Gasteiger partial charge in [-0.1, -0.05) is 0 Å². The highest BCUT2D eigenvalue weighted by molar-refractivity contribution is 6.10. The number of rotatable bonds is 1. The summed E-state index contributed by atoms with van der Waals surface area (Å²) >= 11 is 0. The fraction of sp³-hybridized carbons (Fsp3) is 0.625.